The molecule has 0 aliphatic heterocycles. The van der Waals surface area contributed by atoms with E-state index in [0.717, 1.165) is 22.3 Å². The molecule has 2 aromatic rings. The van der Waals surface area contributed by atoms with Gasteiger partial charge in [-0.15, -0.1) is 11.3 Å². The zero-order valence-corrected chi connectivity index (χ0v) is 16.0. The summed E-state index contributed by atoms with van der Waals surface area (Å²) in [5.41, 5.74) is 0.0321. The second kappa shape index (κ2) is 9.45. The van der Waals surface area contributed by atoms with Crippen molar-refractivity contribution in [2.75, 3.05) is 27.8 Å². The summed E-state index contributed by atoms with van der Waals surface area (Å²) in [6, 6.07) is 5.56. The highest BCUT2D eigenvalue weighted by atomic mass is 32.1. The number of benzene rings is 1. The summed E-state index contributed by atoms with van der Waals surface area (Å²) in [6.45, 7) is 0.843. The van der Waals surface area contributed by atoms with Crippen molar-refractivity contribution in [1.82, 2.24) is 15.6 Å². The first-order chi connectivity index (χ1) is 12.9. The zero-order valence-electron chi connectivity index (χ0n) is 15.2. The van der Waals surface area contributed by atoms with Gasteiger partial charge in [0.25, 0.3) is 0 Å². The van der Waals surface area contributed by atoms with E-state index in [2.05, 4.69) is 20.6 Å². The second-order valence-electron chi connectivity index (χ2n) is 5.38. The number of para-hydroxylation sites is 1. The van der Waals surface area contributed by atoms with Crippen LogP contribution in [0.2, 0.25) is 0 Å². The number of methoxy groups -OCH3 is 2. The standard InChI is InChI=1S/C17H21F3N4O2S/c1-21-16(22-8-7-14-24-13(10-27-14)17(18,19)20)23-9-11-5-4-6-12(25-2)15(11)26-3/h4-6,10H,7-9H2,1-3H3,(H2,21,22,23). The Kier molecular flexibility index (Phi) is 7.28. The van der Waals surface area contributed by atoms with Crippen LogP contribution in [0.5, 0.6) is 11.5 Å². The summed E-state index contributed by atoms with van der Waals surface area (Å²) in [7, 11) is 4.75. The summed E-state index contributed by atoms with van der Waals surface area (Å²) < 4.78 is 48.3. The maximum absolute atomic E-state index is 12.6. The molecule has 1 aromatic carbocycles. The molecule has 0 amide bonds. The molecule has 6 nitrogen and oxygen atoms in total. The minimum Gasteiger partial charge on any atom is -0.493 e. The molecule has 0 radical (unpaired) electrons. The predicted molar refractivity (Wildman–Crippen MR) is 98.6 cm³/mol. The number of thiazole rings is 1. The highest BCUT2D eigenvalue weighted by molar-refractivity contribution is 7.09. The van der Waals surface area contributed by atoms with Crippen molar-refractivity contribution in [3.8, 4) is 11.5 Å². The van der Waals surface area contributed by atoms with E-state index in [1.165, 1.54) is 0 Å². The van der Waals surface area contributed by atoms with Crippen molar-refractivity contribution in [2.24, 2.45) is 4.99 Å². The number of rotatable bonds is 7. The molecular weight excluding hydrogens is 381 g/mol. The smallest absolute Gasteiger partial charge is 0.434 e. The first-order valence-electron chi connectivity index (χ1n) is 8.05. The molecule has 2 N–H and O–H groups in total. The highest BCUT2D eigenvalue weighted by Crippen LogP contribution is 2.31. The van der Waals surface area contributed by atoms with E-state index in [1.54, 1.807) is 27.3 Å². The third-order valence-electron chi connectivity index (χ3n) is 3.63. The average Bonchev–Trinajstić information content (AvgIpc) is 3.13. The monoisotopic (exact) mass is 402 g/mol. The summed E-state index contributed by atoms with van der Waals surface area (Å²) in [5.74, 6) is 1.78. The van der Waals surface area contributed by atoms with Gasteiger partial charge in [0, 0.05) is 37.5 Å². The zero-order chi connectivity index (χ0) is 19.9. The van der Waals surface area contributed by atoms with Crippen molar-refractivity contribution in [1.29, 1.82) is 0 Å². The van der Waals surface area contributed by atoms with Gasteiger partial charge in [0.15, 0.2) is 23.2 Å². The van der Waals surface area contributed by atoms with E-state index in [4.69, 9.17) is 9.47 Å². The number of halogens is 3. The lowest BCUT2D eigenvalue weighted by molar-refractivity contribution is -0.140. The molecule has 0 spiro atoms. The number of guanidine groups is 1. The number of hydrogen-bond acceptors (Lipinski definition) is 5. The van der Waals surface area contributed by atoms with E-state index in [-0.39, 0.29) is 0 Å². The van der Waals surface area contributed by atoms with Gasteiger partial charge in [-0.3, -0.25) is 4.99 Å². The number of ether oxygens (including phenoxy) is 2. The molecule has 0 bridgehead atoms. The van der Waals surface area contributed by atoms with E-state index in [1.807, 2.05) is 12.1 Å². The van der Waals surface area contributed by atoms with E-state index < -0.39 is 11.9 Å². The number of aromatic nitrogens is 1. The van der Waals surface area contributed by atoms with Crippen molar-refractivity contribution in [3.05, 3.63) is 39.8 Å². The summed E-state index contributed by atoms with van der Waals surface area (Å²) in [5, 5.41) is 7.63. The number of nitrogens with zero attached hydrogens (tertiary/aromatic N) is 2. The fourth-order valence-electron chi connectivity index (χ4n) is 2.34. The minimum atomic E-state index is -4.41. The largest absolute Gasteiger partial charge is 0.493 e. The van der Waals surface area contributed by atoms with Crippen LogP contribution in [-0.2, 0) is 19.1 Å². The molecule has 0 atom stereocenters. The number of hydrogen-bond donors (Lipinski definition) is 2. The Morgan fingerprint density at radius 2 is 2.00 bits per heavy atom. The lowest BCUT2D eigenvalue weighted by atomic mass is 10.2. The van der Waals surface area contributed by atoms with Gasteiger partial charge in [-0.05, 0) is 6.07 Å². The van der Waals surface area contributed by atoms with Crippen LogP contribution in [-0.4, -0.2) is 38.8 Å². The van der Waals surface area contributed by atoms with Crippen molar-refractivity contribution in [3.63, 3.8) is 0 Å². The van der Waals surface area contributed by atoms with Crippen LogP contribution in [0.15, 0.2) is 28.6 Å². The predicted octanol–water partition coefficient (Wildman–Crippen LogP) is 3.09. The Morgan fingerprint density at radius 3 is 2.59 bits per heavy atom. The van der Waals surface area contributed by atoms with Crippen LogP contribution < -0.4 is 20.1 Å². The maximum atomic E-state index is 12.6. The molecule has 148 valence electrons. The number of alkyl halides is 3. The van der Waals surface area contributed by atoms with Crippen LogP contribution in [0.3, 0.4) is 0 Å². The molecule has 0 saturated heterocycles. The van der Waals surface area contributed by atoms with Crippen molar-refractivity contribution < 1.29 is 22.6 Å². The summed E-state index contributed by atoms with van der Waals surface area (Å²) in [6.07, 6.45) is -4.04. The summed E-state index contributed by atoms with van der Waals surface area (Å²) >= 11 is 0.993. The maximum Gasteiger partial charge on any atom is 0.434 e. The van der Waals surface area contributed by atoms with Gasteiger partial charge in [0.1, 0.15) is 0 Å². The summed E-state index contributed by atoms with van der Waals surface area (Å²) in [4.78, 5) is 7.70. The Balaban J connectivity index is 1.87. The number of nitrogens with one attached hydrogen (secondary N) is 2. The average molecular weight is 402 g/mol. The molecule has 0 saturated carbocycles. The molecule has 1 aromatic heterocycles. The van der Waals surface area contributed by atoms with Gasteiger partial charge in [-0.2, -0.15) is 13.2 Å². The second-order valence-corrected chi connectivity index (χ2v) is 6.32. The van der Waals surface area contributed by atoms with Gasteiger partial charge in [-0.1, -0.05) is 12.1 Å². The topological polar surface area (TPSA) is 67.8 Å². The quantitative estimate of drug-likeness (QED) is 0.550. The third-order valence-corrected chi connectivity index (χ3v) is 4.54. The molecule has 0 fully saturated rings. The molecule has 1 heterocycles. The molecular formula is C17H21F3N4O2S. The molecule has 27 heavy (non-hydrogen) atoms. The molecule has 10 heteroatoms. The molecule has 0 unspecified atom stereocenters. The normalized spacial score (nSPS) is 12.0. The van der Waals surface area contributed by atoms with Crippen LogP contribution in [0.4, 0.5) is 13.2 Å². The van der Waals surface area contributed by atoms with Gasteiger partial charge < -0.3 is 20.1 Å². The fraction of sp³-hybridized carbons (Fsp3) is 0.412. The van der Waals surface area contributed by atoms with E-state index in [0.29, 0.717) is 42.0 Å². The lowest BCUT2D eigenvalue weighted by Crippen LogP contribution is -2.37. The number of aliphatic imine (C=N–C) groups is 1. The van der Waals surface area contributed by atoms with Gasteiger partial charge in [0.05, 0.1) is 19.2 Å². The van der Waals surface area contributed by atoms with Crippen LogP contribution >= 0.6 is 11.3 Å². The molecule has 0 aliphatic rings. The Bertz CT molecular complexity index is 778. The first kappa shape index (κ1) is 20.8. The van der Waals surface area contributed by atoms with Crippen LogP contribution in [0, 0.1) is 0 Å². The van der Waals surface area contributed by atoms with Crippen molar-refractivity contribution in [2.45, 2.75) is 19.1 Å². The Labute approximate surface area is 159 Å². The third kappa shape index (κ3) is 5.75. The minimum absolute atomic E-state index is 0.365. The van der Waals surface area contributed by atoms with Gasteiger partial charge >= 0.3 is 6.18 Å². The lowest BCUT2D eigenvalue weighted by Gasteiger charge is -2.15. The highest BCUT2D eigenvalue weighted by Gasteiger charge is 2.33. The van der Waals surface area contributed by atoms with Crippen LogP contribution in [0.25, 0.3) is 0 Å². The molecule has 2 rings (SSSR count). The van der Waals surface area contributed by atoms with E-state index in [9.17, 15) is 13.2 Å². The first-order valence-corrected chi connectivity index (χ1v) is 8.93. The SMILES string of the molecule is CN=C(NCCc1nc(C(F)(F)F)cs1)NCc1cccc(OC)c1OC. The van der Waals surface area contributed by atoms with Gasteiger partial charge in [-0.25, -0.2) is 4.98 Å². The van der Waals surface area contributed by atoms with Gasteiger partial charge in [0.2, 0.25) is 0 Å². The molecule has 0 aliphatic carbocycles. The van der Waals surface area contributed by atoms with Crippen LogP contribution in [0.1, 0.15) is 16.3 Å². The fourth-order valence-corrected chi connectivity index (χ4v) is 3.14. The Morgan fingerprint density at radius 1 is 1.22 bits per heavy atom. The Hall–Kier alpha value is -2.49. The van der Waals surface area contributed by atoms with E-state index >= 15 is 0 Å². The van der Waals surface area contributed by atoms with Crippen molar-refractivity contribution >= 4 is 17.3 Å².